The van der Waals surface area contributed by atoms with E-state index in [1.54, 1.807) is 18.2 Å². The molecule has 4 rings (SSSR count). The molecule has 8 nitrogen and oxygen atoms in total. The molecule has 1 aliphatic rings. The van der Waals surface area contributed by atoms with Crippen molar-refractivity contribution in [1.29, 1.82) is 0 Å². The maximum Gasteiger partial charge on any atom is 0.267 e. The van der Waals surface area contributed by atoms with E-state index in [1.807, 2.05) is 0 Å². The minimum absolute atomic E-state index is 0.253. The van der Waals surface area contributed by atoms with Crippen LogP contribution in [-0.2, 0) is 23.0 Å². The highest BCUT2D eigenvalue weighted by molar-refractivity contribution is 7.92. The Morgan fingerprint density at radius 1 is 1.16 bits per heavy atom. The van der Waals surface area contributed by atoms with E-state index in [2.05, 4.69) is 5.10 Å². The van der Waals surface area contributed by atoms with E-state index in [-0.39, 0.29) is 18.1 Å². The number of hydrogen-bond acceptors (Lipinski definition) is 6. The maximum atomic E-state index is 13.5. The van der Waals surface area contributed by atoms with Gasteiger partial charge in [0.25, 0.3) is 5.56 Å². The van der Waals surface area contributed by atoms with Gasteiger partial charge in [-0.3, -0.25) is 13.9 Å². The Labute approximate surface area is 183 Å². The second-order valence-corrected chi connectivity index (χ2v) is 9.32. The number of anilines is 1. The van der Waals surface area contributed by atoms with E-state index >= 15 is 0 Å². The first kappa shape index (κ1) is 21.7. The van der Waals surface area contributed by atoms with Crippen molar-refractivity contribution in [3.63, 3.8) is 0 Å². The van der Waals surface area contributed by atoms with Gasteiger partial charge >= 0.3 is 0 Å². The standard InChI is InChI=1S/C22H20FN3O5S/c1-31-21-12-16(23)4-5-17(21)18-6-8-22(28)25(24-18)13-20(27)15-3-7-19-14(11-15)9-10-26(19)32(2,29)30/h3-8,11-12H,9-10,13H2,1-2H3. The van der Waals surface area contributed by atoms with Gasteiger partial charge in [-0.25, -0.2) is 17.5 Å². The largest absolute Gasteiger partial charge is 0.496 e. The van der Waals surface area contributed by atoms with Crippen LogP contribution in [0.5, 0.6) is 5.75 Å². The number of sulfonamides is 1. The van der Waals surface area contributed by atoms with Gasteiger partial charge in [0.1, 0.15) is 18.1 Å². The van der Waals surface area contributed by atoms with Crippen molar-refractivity contribution in [2.45, 2.75) is 13.0 Å². The molecule has 0 saturated heterocycles. The number of aromatic nitrogens is 2. The number of rotatable bonds is 6. The zero-order valence-corrected chi connectivity index (χ0v) is 18.2. The van der Waals surface area contributed by atoms with Gasteiger partial charge < -0.3 is 4.74 Å². The predicted octanol–water partition coefficient (Wildman–Crippen LogP) is 2.26. The lowest BCUT2D eigenvalue weighted by molar-refractivity contribution is 0.0965. The Bertz CT molecular complexity index is 1380. The molecule has 2 heterocycles. The van der Waals surface area contributed by atoms with Crippen LogP contribution in [0.15, 0.2) is 53.3 Å². The van der Waals surface area contributed by atoms with Crippen LogP contribution < -0.4 is 14.6 Å². The number of Topliss-reactive ketones (excluding diaryl/α,β-unsaturated/α-hetero) is 1. The van der Waals surface area contributed by atoms with Crippen LogP contribution in [0.2, 0.25) is 0 Å². The summed E-state index contributed by atoms with van der Waals surface area (Å²) in [5, 5.41) is 4.26. The fraction of sp³-hybridized carbons (Fsp3) is 0.227. The van der Waals surface area contributed by atoms with E-state index in [4.69, 9.17) is 4.74 Å². The fourth-order valence-corrected chi connectivity index (χ4v) is 4.66. The Morgan fingerprint density at radius 3 is 2.66 bits per heavy atom. The van der Waals surface area contributed by atoms with Crippen LogP contribution in [0.3, 0.4) is 0 Å². The van der Waals surface area contributed by atoms with E-state index < -0.39 is 21.4 Å². The van der Waals surface area contributed by atoms with Gasteiger partial charge in [0, 0.05) is 29.8 Å². The third-order valence-electron chi connectivity index (χ3n) is 5.25. The molecule has 10 heteroatoms. The number of benzene rings is 2. The van der Waals surface area contributed by atoms with Gasteiger partial charge in [-0.15, -0.1) is 0 Å². The molecule has 1 aromatic heterocycles. The van der Waals surface area contributed by atoms with Gasteiger partial charge in [0.15, 0.2) is 5.78 Å². The molecule has 0 bridgehead atoms. The highest BCUT2D eigenvalue weighted by Crippen LogP contribution is 2.31. The molecule has 0 fully saturated rings. The number of hydrogen-bond donors (Lipinski definition) is 0. The third kappa shape index (κ3) is 4.13. The maximum absolute atomic E-state index is 13.5. The summed E-state index contributed by atoms with van der Waals surface area (Å²) in [5.74, 6) is -0.563. The van der Waals surface area contributed by atoms with Crippen molar-refractivity contribution in [2.75, 3.05) is 24.2 Å². The van der Waals surface area contributed by atoms with Crippen molar-refractivity contribution in [3.8, 4) is 17.0 Å². The van der Waals surface area contributed by atoms with E-state index in [0.717, 1.165) is 16.5 Å². The third-order valence-corrected chi connectivity index (χ3v) is 6.43. The molecule has 3 aromatic rings. The molecule has 0 spiro atoms. The molecule has 0 unspecified atom stereocenters. The molecule has 166 valence electrons. The lowest BCUT2D eigenvalue weighted by atomic mass is 10.1. The summed E-state index contributed by atoms with van der Waals surface area (Å²) >= 11 is 0. The molecular weight excluding hydrogens is 437 g/mol. The fourth-order valence-electron chi connectivity index (χ4n) is 3.70. The Balaban J connectivity index is 1.62. The summed E-state index contributed by atoms with van der Waals surface area (Å²) < 4.78 is 44.8. The smallest absolute Gasteiger partial charge is 0.267 e. The highest BCUT2D eigenvalue weighted by Gasteiger charge is 2.27. The zero-order chi connectivity index (χ0) is 23.0. The highest BCUT2D eigenvalue weighted by atomic mass is 32.2. The summed E-state index contributed by atoms with van der Waals surface area (Å²) in [6, 6.07) is 11.5. The number of halogens is 1. The first-order valence-electron chi connectivity index (χ1n) is 9.73. The quantitative estimate of drug-likeness (QED) is 0.527. The summed E-state index contributed by atoms with van der Waals surface area (Å²) in [5.41, 5.74) is 2.04. The molecule has 1 aliphatic heterocycles. The van der Waals surface area contributed by atoms with Crippen molar-refractivity contribution >= 4 is 21.5 Å². The average molecular weight is 457 g/mol. The first-order chi connectivity index (χ1) is 15.2. The topological polar surface area (TPSA) is 98.6 Å². The van der Waals surface area contributed by atoms with Crippen LogP contribution in [0, 0.1) is 5.82 Å². The predicted molar refractivity (Wildman–Crippen MR) is 117 cm³/mol. The number of carbonyl (C=O) groups excluding carboxylic acids is 1. The Morgan fingerprint density at radius 2 is 1.94 bits per heavy atom. The van der Waals surface area contributed by atoms with Crippen LogP contribution in [0.1, 0.15) is 15.9 Å². The number of nitrogens with zero attached hydrogens (tertiary/aromatic N) is 3. The zero-order valence-electron chi connectivity index (χ0n) is 17.4. The Kier molecular flexibility index (Phi) is 5.55. The lowest BCUT2D eigenvalue weighted by Gasteiger charge is -2.16. The molecule has 2 aromatic carbocycles. The summed E-state index contributed by atoms with van der Waals surface area (Å²) in [6.45, 7) is 0.0269. The molecule has 0 aliphatic carbocycles. The second-order valence-electron chi connectivity index (χ2n) is 7.41. The second kappa shape index (κ2) is 8.19. The number of ketones is 1. The van der Waals surface area contributed by atoms with Gasteiger partial charge in [-0.1, -0.05) is 0 Å². The molecular formula is C22H20FN3O5S. The van der Waals surface area contributed by atoms with Crippen molar-refractivity contribution in [1.82, 2.24) is 9.78 Å². The van der Waals surface area contributed by atoms with E-state index in [1.165, 1.54) is 41.7 Å². The lowest BCUT2D eigenvalue weighted by Crippen LogP contribution is -2.27. The van der Waals surface area contributed by atoms with Crippen molar-refractivity contribution in [2.24, 2.45) is 0 Å². The van der Waals surface area contributed by atoms with Gasteiger partial charge in [0.2, 0.25) is 10.0 Å². The molecule has 0 saturated carbocycles. The monoisotopic (exact) mass is 457 g/mol. The molecule has 32 heavy (non-hydrogen) atoms. The van der Waals surface area contributed by atoms with Crippen molar-refractivity contribution in [3.05, 3.63) is 75.8 Å². The first-order valence-corrected chi connectivity index (χ1v) is 11.6. The molecule has 0 amide bonds. The number of ether oxygens (including phenoxy) is 1. The minimum Gasteiger partial charge on any atom is -0.496 e. The van der Waals surface area contributed by atoms with Crippen LogP contribution in [0.25, 0.3) is 11.3 Å². The van der Waals surface area contributed by atoms with Crippen LogP contribution in [-0.4, -0.2) is 43.9 Å². The average Bonchev–Trinajstić information content (AvgIpc) is 3.19. The summed E-state index contributed by atoms with van der Waals surface area (Å²) in [7, 11) is -1.98. The van der Waals surface area contributed by atoms with E-state index in [9.17, 15) is 22.4 Å². The Hall–Kier alpha value is -3.53. The minimum atomic E-state index is -3.38. The number of fused-ring (bicyclic) bond motifs is 1. The number of carbonyl (C=O) groups is 1. The van der Waals surface area contributed by atoms with Crippen LogP contribution in [0.4, 0.5) is 10.1 Å². The van der Waals surface area contributed by atoms with Crippen molar-refractivity contribution < 1.29 is 22.3 Å². The van der Waals surface area contributed by atoms with E-state index in [0.29, 0.717) is 35.5 Å². The summed E-state index contributed by atoms with van der Waals surface area (Å²) in [4.78, 5) is 25.2. The van der Waals surface area contributed by atoms with Gasteiger partial charge in [0.05, 0.1) is 24.7 Å². The van der Waals surface area contributed by atoms with Gasteiger partial charge in [-0.05, 0) is 48.4 Å². The normalized spacial score (nSPS) is 13.2. The summed E-state index contributed by atoms with van der Waals surface area (Å²) in [6.07, 6.45) is 1.64. The van der Waals surface area contributed by atoms with Crippen LogP contribution >= 0.6 is 0 Å². The molecule has 0 atom stereocenters. The molecule has 0 N–H and O–H groups in total. The molecule has 0 radical (unpaired) electrons. The number of methoxy groups -OCH3 is 1. The van der Waals surface area contributed by atoms with Gasteiger partial charge in [-0.2, -0.15) is 5.10 Å². The SMILES string of the molecule is COc1cc(F)ccc1-c1ccc(=O)n(CC(=O)c2ccc3c(c2)CCN3S(C)(=O)=O)n1.